The van der Waals surface area contributed by atoms with E-state index in [9.17, 15) is 9.90 Å². The van der Waals surface area contributed by atoms with Gasteiger partial charge in [-0.1, -0.05) is 34.4 Å². The molecule has 2 N–H and O–H groups in total. The molecular weight excluding hydrogens is 445 g/mol. The van der Waals surface area contributed by atoms with Crippen LogP contribution in [0.2, 0.25) is 10.0 Å². The van der Waals surface area contributed by atoms with E-state index in [0.717, 1.165) is 5.56 Å². The van der Waals surface area contributed by atoms with Gasteiger partial charge in [0, 0.05) is 17.8 Å². The van der Waals surface area contributed by atoms with Crippen LogP contribution < -0.4 is 10.2 Å². The number of cyclic esters (lactones) is 1. The third-order valence-corrected chi connectivity index (χ3v) is 5.61. The summed E-state index contributed by atoms with van der Waals surface area (Å²) in [5.74, 6) is 1.16. The van der Waals surface area contributed by atoms with Crippen molar-refractivity contribution in [3.8, 4) is 11.3 Å². The summed E-state index contributed by atoms with van der Waals surface area (Å²) in [6.45, 7) is 3.55. The minimum absolute atomic E-state index is 0.0925. The van der Waals surface area contributed by atoms with E-state index in [1.807, 2.05) is 6.92 Å². The Morgan fingerprint density at radius 2 is 2.03 bits per heavy atom. The number of anilines is 2. The normalized spacial score (nSPS) is 18.0. The second-order valence-electron chi connectivity index (χ2n) is 7.10. The fourth-order valence-corrected chi connectivity index (χ4v) is 3.46. The summed E-state index contributed by atoms with van der Waals surface area (Å²) >= 11 is 12.0. The zero-order valence-electron chi connectivity index (χ0n) is 16.6. The topological polar surface area (TPSA) is 114 Å². The number of nitrogens with zero attached hydrogens (tertiary/aromatic N) is 4. The minimum Gasteiger partial charge on any atom is -0.447 e. The van der Waals surface area contributed by atoms with Gasteiger partial charge in [0.15, 0.2) is 5.76 Å². The predicted molar refractivity (Wildman–Crippen MR) is 115 cm³/mol. The second kappa shape index (κ2) is 8.70. The fraction of sp³-hybridized carbons (Fsp3) is 0.300. The summed E-state index contributed by atoms with van der Waals surface area (Å²) in [6, 6.07) is 7.72. The van der Waals surface area contributed by atoms with E-state index in [1.165, 1.54) is 11.1 Å². The Kier molecular flexibility index (Phi) is 5.99. The molecule has 3 atom stereocenters. The Hall–Kier alpha value is -2.88. The molecule has 1 unspecified atom stereocenters. The molecule has 1 aliphatic rings. The molecule has 0 aliphatic carbocycles. The minimum atomic E-state index is -0.772. The largest absolute Gasteiger partial charge is 0.447 e. The van der Waals surface area contributed by atoms with Gasteiger partial charge in [-0.2, -0.15) is 4.98 Å². The summed E-state index contributed by atoms with van der Waals surface area (Å²) < 4.78 is 10.5. The van der Waals surface area contributed by atoms with E-state index in [4.69, 9.17) is 32.5 Å². The molecule has 0 bridgehead atoms. The van der Waals surface area contributed by atoms with Crippen LogP contribution in [-0.4, -0.2) is 45.1 Å². The number of nitrogens with one attached hydrogen (secondary N) is 1. The van der Waals surface area contributed by atoms with Crippen LogP contribution in [0.15, 0.2) is 41.1 Å². The SMILES string of the molecule is C[C@H](Nc1nccc(N2C(=O)OCC2[C@@H](C)O)n1)c1cc(-c2ccc(Cl)c(Cl)c2)no1. The standard InChI is InChI=1S/C20H19Cl2N5O4/c1-10(17-8-15(26-31-17)12-3-4-13(21)14(22)7-12)24-19-23-6-5-18(25-19)27-16(11(2)28)9-30-20(27)29/h3-8,10-11,16,28H,9H2,1-2H3,(H,23,24,25)/t10-,11+,16?/m0/s1. The van der Waals surface area contributed by atoms with Gasteiger partial charge in [-0.05, 0) is 32.0 Å². The highest BCUT2D eigenvalue weighted by Gasteiger charge is 2.38. The summed E-state index contributed by atoms with van der Waals surface area (Å²) in [5, 5.41) is 18.0. The smallest absolute Gasteiger partial charge is 0.416 e. The molecular formula is C20H19Cl2N5O4. The number of amides is 1. The van der Waals surface area contributed by atoms with Crippen molar-refractivity contribution >= 4 is 41.1 Å². The molecule has 11 heteroatoms. The molecule has 1 saturated heterocycles. The zero-order valence-corrected chi connectivity index (χ0v) is 18.1. The van der Waals surface area contributed by atoms with Gasteiger partial charge < -0.3 is 19.7 Å². The van der Waals surface area contributed by atoms with Crippen LogP contribution in [0.3, 0.4) is 0 Å². The van der Waals surface area contributed by atoms with Gasteiger partial charge in [-0.15, -0.1) is 0 Å². The molecule has 3 aromatic rings. The molecule has 1 aromatic carbocycles. The number of aliphatic hydroxyl groups is 1. The first-order valence-electron chi connectivity index (χ1n) is 9.49. The van der Waals surface area contributed by atoms with Gasteiger partial charge in [-0.25, -0.2) is 9.78 Å². The highest BCUT2D eigenvalue weighted by atomic mass is 35.5. The number of halogens is 2. The Balaban J connectivity index is 1.51. The van der Waals surface area contributed by atoms with Crippen molar-refractivity contribution < 1.29 is 19.2 Å². The number of benzene rings is 1. The van der Waals surface area contributed by atoms with Crippen molar-refractivity contribution in [2.45, 2.75) is 32.0 Å². The van der Waals surface area contributed by atoms with Crippen molar-refractivity contribution in [1.82, 2.24) is 15.1 Å². The first kappa shape index (κ1) is 21.4. The maximum atomic E-state index is 12.1. The van der Waals surface area contributed by atoms with Crippen molar-refractivity contribution in [3.63, 3.8) is 0 Å². The second-order valence-corrected chi connectivity index (χ2v) is 7.92. The highest BCUT2D eigenvalue weighted by Crippen LogP contribution is 2.30. The summed E-state index contributed by atoms with van der Waals surface area (Å²) in [6.07, 6.45) is 0.180. The number of ether oxygens (including phenoxy) is 1. The Morgan fingerprint density at radius 1 is 1.23 bits per heavy atom. The van der Waals surface area contributed by atoms with Crippen LogP contribution in [0.1, 0.15) is 25.6 Å². The monoisotopic (exact) mass is 463 g/mol. The van der Waals surface area contributed by atoms with Gasteiger partial charge in [0.1, 0.15) is 24.2 Å². The molecule has 1 fully saturated rings. The molecule has 0 saturated carbocycles. The number of rotatable bonds is 6. The van der Waals surface area contributed by atoms with Crippen molar-refractivity contribution in [2.75, 3.05) is 16.8 Å². The molecule has 0 spiro atoms. The van der Waals surface area contributed by atoms with Gasteiger partial charge in [0.05, 0.1) is 22.2 Å². The molecule has 9 nitrogen and oxygen atoms in total. The van der Waals surface area contributed by atoms with Crippen molar-refractivity contribution in [3.05, 3.63) is 52.3 Å². The quantitative estimate of drug-likeness (QED) is 0.555. The lowest BCUT2D eigenvalue weighted by Crippen LogP contribution is -2.41. The molecule has 1 aliphatic heterocycles. The van der Waals surface area contributed by atoms with Crippen molar-refractivity contribution in [2.24, 2.45) is 0 Å². The number of aliphatic hydroxyl groups excluding tert-OH is 1. The van der Waals surface area contributed by atoms with E-state index < -0.39 is 18.2 Å². The van der Waals surface area contributed by atoms with Gasteiger partial charge in [0.25, 0.3) is 0 Å². The number of carbonyl (C=O) groups is 1. The van der Waals surface area contributed by atoms with Crippen LogP contribution in [0.4, 0.5) is 16.6 Å². The lowest BCUT2D eigenvalue weighted by Gasteiger charge is -2.22. The third kappa shape index (κ3) is 4.43. The molecule has 162 valence electrons. The van der Waals surface area contributed by atoms with Crippen molar-refractivity contribution in [1.29, 1.82) is 0 Å². The Morgan fingerprint density at radius 3 is 2.77 bits per heavy atom. The number of hydrogen-bond donors (Lipinski definition) is 2. The third-order valence-electron chi connectivity index (χ3n) is 4.87. The zero-order chi connectivity index (χ0) is 22.1. The van der Waals surface area contributed by atoms with E-state index in [-0.39, 0.29) is 18.6 Å². The van der Waals surface area contributed by atoms with Crippen LogP contribution in [0, 0.1) is 0 Å². The van der Waals surface area contributed by atoms with Crippen LogP contribution in [0.25, 0.3) is 11.3 Å². The maximum Gasteiger partial charge on any atom is 0.416 e. The molecule has 3 heterocycles. The summed E-state index contributed by atoms with van der Waals surface area (Å²) in [5.41, 5.74) is 1.38. The first-order chi connectivity index (χ1) is 14.8. The Bertz CT molecular complexity index is 1110. The average molecular weight is 464 g/mol. The fourth-order valence-electron chi connectivity index (χ4n) is 3.16. The van der Waals surface area contributed by atoms with Crippen LogP contribution in [0.5, 0.6) is 0 Å². The first-order valence-corrected chi connectivity index (χ1v) is 10.2. The van der Waals surface area contributed by atoms with E-state index in [0.29, 0.717) is 27.3 Å². The molecule has 1 amide bonds. The summed E-state index contributed by atoms with van der Waals surface area (Å²) in [7, 11) is 0. The van der Waals surface area contributed by atoms with E-state index >= 15 is 0 Å². The lowest BCUT2D eigenvalue weighted by molar-refractivity contribution is 0.142. The molecule has 4 rings (SSSR count). The van der Waals surface area contributed by atoms with E-state index in [1.54, 1.807) is 37.3 Å². The average Bonchev–Trinajstić information content (AvgIpc) is 3.37. The van der Waals surface area contributed by atoms with Crippen LogP contribution in [-0.2, 0) is 4.74 Å². The van der Waals surface area contributed by atoms with Gasteiger partial charge >= 0.3 is 6.09 Å². The van der Waals surface area contributed by atoms with Gasteiger partial charge in [0.2, 0.25) is 5.95 Å². The molecule has 31 heavy (non-hydrogen) atoms. The lowest BCUT2D eigenvalue weighted by atomic mass is 10.1. The molecule has 2 aromatic heterocycles. The highest BCUT2D eigenvalue weighted by molar-refractivity contribution is 6.42. The molecule has 0 radical (unpaired) electrons. The van der Waals surface area contributed by atoms with Gasteiger partial charge in [-0.3, -0.25) is 4.90 Å². The summed E-state index contributed by atoms with van der Waals surface area (Å²) in [4.78, 5) is 22.0. The maximum absolute atomic E-state index is 12.1. The number of aromatic nitrogens is 3. The van der Waals surface area contributed by atoms with E-state index in [2.05, 4.69) is 20.4 Å². The van der Waals surface area contributed by atoms with Crippen LogP contribution >= 0.6 is 23.2 Å². The predicted octanol–water partition coefficient (Wildman–Crippen LogP) is 4.32. The number of carbonyl (C=O) groups excluding carboxylic acids is 1. The number of hydrogen-bond acceptors (Lipinski definition) is 8. The Labute approximate surface area is 187 Å².